The monoisotopic (exact) mass is 479 g/mol. The first-order valence-corrected chi connectivity index (χ1v) is 12.1. The maximum absolute atomic E-state index is 13.7. The van der Waals surface area contributed by atoms with Gasteiger partial charge in [-0.1, -0.05) is 23.4 Å². The number of nitrogens with zero attached hydrogens (tertiary/aromatic N) is 4. The zero-order valence-electron chi connectivity index (χ0n) is 18.5. The number of rotatable bonds is 9. The Labute approximate surface area is 200 Å². The molecule has 1 aliphatic heterocycles. The van der Waals surface area contributed by atoms with E-state index in [-0.39, 0.29) is 31.0 Å². The molecule has 176 valence electrons. The van der Waals surface area contributed by atoms with Gasteiger partial charge in [0.25, 0.3) is 0 Å². The molecule has 4 heterocycles. The van der Waals surface area contributed by atoms with Gasteiger partial charge in [0.05, 0.1) is 24.4 Å². The minimum Gasteiger partial charge on any atom is -0.467 e. The number of hydrogen-bond donors (Lipinski definition) is 1. The largest absolute Gasteiger partial charge is 0.467 e. The van der Waals surface area contributed by atoms with Gasteiger partial charge >= 0.3 is 0 Å². The van der Waals surface area contributed by atoms with Crippen LogP contribution in [-0.2, 0) is 27.4 Å². The SMILES string of the molecule is O=C(NCc1ccco1)[C@H](c1cccs1)N(C[C@H]1CCCO1)C(=O)Cn1nnc2ccccc21. The lowest BCUT2D eigenvalue weighted by molar-refractivity contribution is -0.143. The molecule has 9 nitrogen and oxygen atoms in total. The topological polar surface area (TPSA) is 102 Å². The van der Waals surface area contributed by atoms with Crippen LogP contribution in [0.1, 0.15) is 29.5 Å². The van der Waals surface area contributed by atoms with Crippen molar-refractivity contribution >= 4 is 34.2 Å². The Morgan fingerprint density at radius 2 is 2.12 bits per heavy atom. The molecule has 0 bridgehead atoms. The highest BCUT2D eigenvalue weighted by Gasteiger charge is 2.35. The van der Waals surface area contributed by atoms with Crippen molar-refractivity contribution in [3.05, 3.63) is 70.8 Å². The van der Waals surface area contributed by atoms with Crippen LogP contribution in [0.4, 0.5) is 0 Å². The van der Waals surface area contributed by atoms with Crippen molar-refractivity contribution in [1.82, 2.24) is 25.2 Å². The Bertz CT molecular complexity index is 1230. The van der Waals surface area contributed by atoms with E-state index >= 15 is 0 Å². The lowest BCUT2D eigenvalue weighted by Crippen LogP contribution is -2.47. The molecule has 4 aromatic rings. The summed E-state index contributed by atoms with van der Waals surface area (Å²) in [6.07, 6.45) is 3.24. The second kappa shape index (κ2) is 10.2. The van der Waals surface area contributed by atoms with Gasteiger partial charge < -0.3 is 19.4 Å². The van der Waals surface area contributed by atoms with E-state index in [4.69, 9.17) is 9.15 Å². The fourth-order valence-electron chi connectivity index (χ4n) is 4.17. The first-order chi connectivity index (χ1) is 16.7. The first kappa shape index (κ1) is 22.3. The number of aromatic nitrogens is 3. The summed E-state index contributed by atoms with van der Waals surface area (Å²) in [5.74, 6) is 0.149. The van der Waals surface area contributed by atoms with Gasteiger partial charge in [0, 0.05) is 18.0 Å². The number of carbonyl (C=O) groups excluding carboxylic acids is 2. The van der Waals surface area contributed by atoms with Gasteiger partial charge in [-0.3, -0.25) is 9.59 Å². The van der Waals surface area contributed by atoms with Gasteiger partial charge in [0.2, 0.25) is 11.8 Å². The Morgan fingerprint density at radius 1 is 1.21 bits per heavy atom. The molecule has 0 aliphatic carbocycles. The number of carbonyl (C=O) groups is 2. The van der Waals surface area contributed by atoms with Crippen molar-refractivity contribution in [2.45, 2.75) is 38.1 Å². The van der Waals surface area contributed by atoms with E-state index in [1.807, 2.05) is 41.8 Å². The van der Waals surface area contributed by atoms with Crippen molar-refractivity contribution in [2.24, 2.45) is 0 Å². The van der Waals surface area contributed by atoms with Crippen LogP contribution in [0.2, 0.25) is 0 Å². The van der Waals surface area contributed by atoms with Crippen molar-refractivity contribution in [3.8, 4) is 0 Å². The first-order valence-electron chi connectivity index (χ1n) is 11.2. The Kier molecular flexibility index (Phi) is 6.68. The highest BCUT2D eigenvalue weighted by atomic mass is 32.1. The maximum atomic E-state index is 13.7. The van der Waals surface area contributed by atoms with Crippen molar-refractivity contribution < 1.29 is 18.7 Å². The Hall–Kier alpha value is -3.50. The fraction of sp³-hybridized carbons (Fsp3) is 0.333. The molecule has 10 heteroatoms. The molecule has 0 spiro atoms. The quantitative estimate of drug-likeness (QED) is 0.396. The third-order valence-corrected chi connectivity index (χ3v) is 6.76. The summed E-state index contributed by atoms with van der Waals surface area (Å²) in [6, 6.07) is 14.0. The fourth-order valence-corrected chi connectivity index (χ4v) is 5.00. The van der Waals surface area contributed by atoms with E-state index in [0.29, 0.717) is 24.4 Å². The second-order valence-corrected chi connectivity index (χ2v) is 9.11. The number of para-hydroxylation sites is 1. The lowest BCUT2D eigenvalue weighted by atomic mass is 10.1. The van der Waals surface area contributed by atoms with Gasteiger partial charge in [-0.2, -0.15) is 0 Å². The molecule has 5 rings (SSSR count). The van der Waals surface area contributed by atoms with E-state index in [0.717, 1.165) is 23.2 Å². The number of benzene rings is 1. The van der Waals surface area contributed by atoms with Gasteiger partial charge in [-0.15, -0.1) is 16.4 Å². The molecule has 1 saturated heterocycles. The van der Waals surface area contributed by atoms with Gasteiger partial charge in [-0.25, -0.2) is 4.68 Å². The van der Waals surface area contributed by atoms with Crippen LogP contribution in [0.5, 0.6) is 0 Å². The number of fused-ring (bicyclic) bond motifs is 1. The molecule has 2 atom stereocenters. The zero-order chi connectivity index (χ0) is 23.3. The van der Waals surface area contributed by atoms with Crippen LogP contribution >= 0.6 is 11.3 Å². The maximum Gasteiger partial charge on any atom is 0.248 e. The molecule has 1 aliphatic rings. The van der Waals surface area contributed by atoms with E-state index < -0.39 is 6.04 Å². The number of hydrogen-bond acceptors (Lipinski definition) is 7. The minimum absolute atomic E-state index is 0.0272. The predicted molar refractivity (Wildman–Crippen MR) is 126 cm³/mol. The molecule has 2 amide bonds. The standard InChI is InChI=1S/C24H25N5O4S/c30-22(16-29-20-9-2-1-8-19(20)26-27-29)28(15-18-7-4-12-33-18)23(21-10-5-13-34-21)24(31)25-14-17-6-3-11-32-17/h1-3,5-6,8-11,13,18,23H,4,7,12,14-16H2,(H,25,31)/t18-,23+/m1/s1. The highest BCUT2D eigenvalue weighted by molar-refractivity contribution is 7.10. The summed E-state index contributed by atoms with van der Waals surface area (Å²) in [5, 5.41) is 13.1. The lowest BCUT2D eigenvalue weighted by Gasteiger charge is -2.32. The number of amides is 2. The van der Waals surface area contributed by atoms with Crippen LogP contribution in [0, 0.1) is 0 Å². The predicted octanol–water partition coefficient (Wildman–Crippen LogP) is 3.15. The normalized spacial score (nSPS) is 16.5. The zero-order valence-corrected chi connectivity index (χ0v) is 19.3. The number of furan rings is 1. The highest BCUT2D eigenvalue weighted by Crippen LogP contribution is 2.28. The molecule has 1 N–H and O–H groups in total. The van der Waals surface area contributed by atoms with Gasteiger partial charge in [0.15, 0.2) is 0 Å². The van der Waals surface area contributed by atoms with E-state index in [1.165, 1.54) is 11.3 Å². The third kappa shape index (κ3) is 4.87. The second-order valence-electron chi connectivity index (χ2n) is 8.13. The van der Waals surface area contributed by atoms with Crippen LogP contribution in [0.15, 0.2) is 64.6 Å². The third-order valence-electron chi connectivity index (χ3n) is 5.84. The Morgan fingerprint density at radius 3 is 2.88 bits per heavy atom. The smallest absolute Gasteiger partial charge is 0.248 e. The number of thiophene rings is 1. The average Bonchev–Trinajstić information content (AvgIpc) is 3.66. The average molecular weight is 480 g/mol. The molecule has 34 heavy (non-hydrogen) atoms. The molecular weight excluding hydrogens is 454 g/mol. The summed E-state index contributed by atoms with van der Waals surface area (Å²) in [4.78, 5) is 29.6. The van der Waals surface area contributed by atoms with Crippen molar-refractivity contribution in [1.29, 1.82) is 0 Å². The summed E-state index contributed by atoms with van der Waals surface area (Å²) in [6.45, 7) is 1.20. The van der Waals surface area contributed by atoms with Crippen molar-refractivity contribution in [2.75, 3.05) is 13.2 Å². The minimum atomic E-state index is -0.790. The molecule has 3 aromatic heterocycles. The van der Waals surface area contributed by atoms with Crippen LogP contribution < -0.4 is 5.32 Å². The Balaban J connectivity index is 1.43. The summed E-state index contributed by atoms with van der Waals surface area (Å²) in [5.41, 5.74) is 1.48. The van der Waals surface area contributed by atoms with Crippen LogP contribution in [0.3, 0.4) is 0 Å². The molecule has 1 fully saturated rings. The summed E-state index contributed by atoms with van der Waals surface area (Å²) >= 11 is 1.44. The molecule has 1 aromatic carbocycles. The molecule has 0 unspecified atom stereocenters. The summed E-state index contributed by atoms with van der Waals surface area (Å²) < 4.78 is 12.8. The van der Waals surface area contributed by atoms with Gasteiger partial charge in [-0.05, 0) is 48.6 Å². The number of ether oxygens (including phenoxy) is 1. The van der Waals surface area contributed by atoms with E-state index in [9.17, 15) is 9.59 Å². The van der Waals surface area contributed by atoms with Crippen molar-refractivity contribution in [3.63, 3.8) is 0 Å². The van der Waals surface area contributed by atoms with Gasteiger partial charge in [0.1, 0.15) is 23.9 Å². The van der Waals surface area contributed by atoms with Crippen LogP contribution in [0.25, 0.3) is 11.0 Å². The van der Waals surface area contributed by atoms with Crippen LogP contribution in [-0.4, -0.2) is 51.0 Å². The molecule has 0 radical (unpaired) electrons. The molecular formula is C24H25N5O4S. The number of nitrogens with one attached hydrogen (secondary N) is 1. The van der Waals surface area contributed by atoms with E-state index in [1.54, 1.807) is 28.0 Å². The molecule has 0 saturated carbocycles. The summed E-state index contributed by atoms with van der Waals surface area (Å²) in [7, 11) is 0. The van der Waals surface area contributed by atoms with E-state index in [2.05, 4.69) is 15.6 Å².